The summed E-state index contributed by atoms with van der Waals surface area (Å²) in [7, 11) is 1.72. The number of carbonyl (C=O) groups excluding carboxylic acids is 1. The Morgan fingerprint density at radius 2 is 1.46 bits per heavy atom. The fourth-order valence-electron chi connectivity index (χ4n) is 3.83. The van der Waals surface area contributed by atoms with Crippen LogP contribution in [0.5, 0.6) is 0 Å². The van der Waals surface area contributed by atoms with Gasteiger partial charge in [0.15, 0.2) is 0 Å². The van der Waals surface area contributed by atoms with Crippen molar-refractivity contribution < 1.29 is 50.9 Å². The Morgan fingerprint density at radius 3 is 1.83 bits per heavy atom. The Labute approximate surface area is 195 Å². The summed E-state index contributed by atoms with van der Waals surface area (Å²) in [4.78, 5) is 43.2. The van der Waals surface area contributed by atoms with Crippen LogP contribution in [-0.2, 0) is 14.4 Å². The second kappa shape index (κ2) is 12.0. The van der Waals surface area contributed by atoms with Gasteiger partial charge in [-0.25, -0.2) is 19.6 Å². The first-order valence-corrected chi connectivity index (χ1v) is 10.1. The van der Waals surface area contributed by atoms with Crippen LogP contribution in [0, 0.1) is 5.92 Å². The molecule has 3 rings (SSSR count). The summed E-state index contributed by atoms with van der Waals surface area (Å²) >= 11 is 0. The van der Waals surface area contributed by atoms with Crippen LogP contribution in [0.2, 0.25) is 0 Å². The topological polar surface area (TPSA) is 136 Å². The molecule has 1 aromatic rings. The van der Waals surface area contributed by atoms with Crippen LogP contribution in [0.1, 0.15) is 20.3 Å². The van der Waals surface area contributed by atoms with Crippen LogP contribution in [-0.4, -0.2) is 93.5 Å². The molecule has 3 atom stereocenters. The molecule has 0 aromatic carbocycles. The smallest absolute Gasteiger partial charge is 0.475 e. The molecule has 3 N–H and O–H groups in total. The van der Waals surface area contributed by atoms with E-state index in [4.69, 9.17) is 19.8 Å². The summed E-state index contributed by atoms with van der Waals surface area (Å²) in [5, 5.41) is 17.1. The zero-order valence-electron chi connectivity index (χ0n) is 18.8. The molecule has 0 unspecified atom stereocenters. The molecule has 16 heteroatoms. The highest BCUT2D eigenvalue weighted by Crippen LogP contribution is 2.38. The van der Waals surface area contributed by atoms with E-state index < -0.39 is 24.3 Å². The molecule has 0 bridgehead atoms. The van der Waals surface area contributed by atoms with Gasteiger partial charge in [-0.3, -0.25) is 9.69 Å². The van der Waals surface area contributed by atoms with Crippen molar-refractivity contribution in [3.63, 3.8) is 0 Å². The van der Waals surface area contributed by atoms with Gasteiger partial charge in [0, 0.05) is 44.6 Å². The van der Waals surface area contributed by atoms with Crippen molar-refractivity contribution in [1.29, 1.82) is 0 Å². The molecule has 0 spiro atoms. The van der Waals surface area contributed by atoms with Crippen LogP contribution in [0.25, 0.3) is 0 Å². The number of nitrogens with zero attached hydrogens (tertiary/aromatic N) is 4. The lowest BCUT2D eigenvalue weighted by Gasteiger charge is -2.33. The van der Waals surface area contributed by atoms with Gasteiger partial charge in [-0.15, -0.1) is 0 Å². The Bertz CT molecular complexity index is 844. The van der Waals surface area contributed by atoms with E-state index in [0.717, 1.165) is 25.5 Å². The van der Waals surface area contributed by atoms with Gasteiger partial charge in [0.1, 0.15) is 0 Å². The van der Waals surface area contributed by atoms with Gasteiger partial charge in [0.25, 0.3) is 0 Å². The van der Waals surface area contributed by atoms with Gasteiger partial charge in [0.2, 0.25) is 11.9 Å². The molecule has 35 heavy (non-hydrogen) atoms. The third-order valence-electron chi connectivity index (χ3n) is 5.14. The molecule has 1 aromatic heterocycles. The van der Waals surface area contributed by atoms with Crippen LogP contribution < -0.4 is 10.2 Å². The summed E-state index contributed by atoms with van der Waals surface area (Å²) in [5.41, 5.74) is 0. The lowest BCUT2D eigenvalue weighted by Crippen LogP contribution is -2.50. The Kier molecular flexibility index (Phi) is 10.2. The monoisotopic (exact) mass is 517 g/mol. The second-order valence-electron chi connectivity index (χ2n) is 7.79. The first kappa shape index (κ1) is 29.9. The number of likely N-dealkylation sites (N-methyl/N-ethyl adjacent to an activating group) is 1. The Hall–Kier alpha value is -3.17. The van der Waals surface area contributed by atoms with E-state index in [1.54, 1.807) is 19.4 Å². The quantitative estimate of drug-likeness (QED) is 0.513. The van der Waals surface area contributed by atoms with Crippen LogP contribution >= 0.6 is 0 Å². The van der Waals surface area contributed by atoms with E-state index in [1.807, 2.05) is 6.07 Å². The summed E-state index contributed by atoms with van der Waals surface area (Å²) in [6.07, 6.45) is -5.68. The summed E-state index contributed by atoms with van der Waals surface area (Å²) in [6, 6.07) is 2.61. The molecule has 2 aliphatic rings. The Morgan fingerprint density at radius 1 is 1.00 bits per heavy atom. The molecule has 0 aliphatic carbocycles. The second-order valence-corrected chi connectivity index (χ2v) is 7.79. The number of carboxylic acids is 2. The van der Waals surface area contributed by atoms with Gasteiger partial charge in [-0.2, -0.15) is 26.3 Å². The summed E-state index contributed by atoms with van der Waals surface area (Å²) in [5.74, 6) is -4.06. The number of aliphatic carboxylic acids is 2. The average molecular weight is 517 g/mol. The number of anilines is 1. The van der Waals surface area contributed by atoms with Crippen molar-refractivity contribution in [3.05, 3.63) is 18.5 Å². The molecule has 198 valence electrons. The molecule has 2 saturated heterocycles. The standard InChI is InChI=1S/C15H23N5O.2C2HF3O2/c1-10(2)20-12(14(21)16-3)7-11-8-19(9-13(11)20)15-17-5-4-6-18-15;2*3-2(4,5)1(6)7/h4-6,10-13H,7-9H2,1-3H3,(H,16,21);2*(H,6,7)/t11-,12-,13+;;/m0../s1. The lowest BCUT2D eigenvalue weighted by molar-refractivity contribution is -0.193. The largest absolute Gasteiger partial charge is 0.490 e. The van der Waals surface area contributed by atoms with Gasteiger partial charge in [-0.1, -0.05) is 0 Å². The van der Waals surface area contributed by atoms with Crippen LogP contribution in [0.15, 0.2) is 18.5 Å². The molecule has 0 saturated carbocycles. The number of aromatic nitrogens is 2. The number of carbonyl (C=O) groups is 3. The number of likely N-dealkylation sites (tertiary alicyclic amines) is 1. The maximum absolute atomic E-state index is 12.1. The highest BCUT2D eigenvalue weighted by molar-refractivity contribution is 5.82. The van der Waals surface area contributed by atoms with E-state index in [2.05, 4.69) is 38.9 Å². The molecular formula is C19H25F6N5O5. The number of amides is 1. The SMILES string of the molecule is CNC(=O)[C@@H]1C[C@H]2CN(c3ncccn3)C[C@H]2N1C(C)C.O=C(O)C(F)(F)F.O=C(O)C(F)(F)F. The van der Waals surface area contributed by atoms with Gasteiger partial charge < -0.3 is 20.4 Å². The minimum absolute atomic E-state index is 0.00356. The maximum atomic E-state index is 12.1. The third kappa shape index (κ3) is 8.52. The van der Waals surface area contributed by atoms with Crippen LogP contribution in [0.4, 0.5) is 32.3 Å². The van der Waals surface area contributed by atoms with E-state index in [1.165, 1.54) is 0 Å². The van der Waals surface area contributed by atoms with E-state index in [0.29, 0.717) is 18.0 Å². The molecule has 0 radical (unpaired) electrons. The molecule has 10 nitrogen and oxygen atoms in total. The number of hydrogen-bond donors (Lipinski definition) is 3. The van der Waals surface area contributed by atoms with E-state index in [9.17, 15) is 31.1 Å². The minimum Gasteiger partial charge on any atom is -0.475 e. The van der Waals surface area contributed by atoms with Crippen molar-refractivity contribution in [1.82, 2.24) is 20.2 Å². The lowest BCUT2D eigenvalue weighted by atomic mass is 10.0. The third-order valence-corrected chi connectivity index (χ3v) is 5.14. The normalized spacial score (nSPS) is 21.9. The van der Waals surface area contributed by atoms with E-state index >= 15 is 0 Å². The van der Waals surface area contributed by atoms with Crippen molar-refractivity contribution in [2.75, 3.05) is 25.0 Å². The minimum atomic E-state index is -5.08. The number of nitrogens with one attached hydrogen (secondary N) is 1. The highest BCUT2D eigenvalue weighted by Gasteiger charge is 2.49. The fraction of sp³-hybridized carbons (Fsp3) is 0.632. The highest BCUT2D eigenvalue weighted by atomic mass is 19.4. The first-order chi connectivity index (χ1) is 16.0. The molecule has 2 fully saturated rings. The van der Waals surface area contributed by atoms with Crippen molar-refractivity contribution >= 4 is 23.8 Å². The number of fused-ring (bicyclic) bond motifs is 1. The van der Waals surface area contributed by atoms with Crippen molar-refractivity contribution in [3.8, 4) is 0 Å². The summed E-state index contributed by atoms with van der Waals surface area (Å²) in [6.45, 7) is 6.17. The van der Waals surface area contributed by atoms with Gasteiger partial charge >= 0.3 is 24.3 Å². The molecule has 2 aliphatic heterocycles. The zero-order chi connectivity index (χ0) is 27.1. The number of alkyl halides is 6. The molecular weight excluding hydrogens is 492 g/mol. The molecule has 1 amide bonds. The average Bonchev–Trinajstić information content (AvgIpc) is 3.31. The summed E-state index contributed by atoms with van der Waals surface area (Å²) < 4.78 is 63.5. The number of carboxylic acid groups (broad SMARTS) is 2. The number of halogens is 6. The molecule has 3 heterocycles. The first-order valence-electron chi connectivity index (χ1n) is 10.1. The number of rotatable bonds is 3. The maximum Gasteiger partial charge on any atom is 0.490 e. The van der Waals surface area contributed by atoms with Crippen molar-refractivity contribution in [2.45, 2.75) is 50.7 Å². The predicted octanol–water partition coefficient (Wildman–Crippen LogP) is 1.78. The fourth-order valence-corrected chi connectivity index (χ4v) is 3.83. The van der Waals surface area contributed by atoms with E-state index in [-0.39, 0.29) is 11.9 Å². The zero-order valence-corrected chi connectivity index (χ0v) is 18.8. The van der Waals surface area contributed by atoms with Crippen LogP contribution in [0.3, 0.4) is 0 Å². The number of hydrogen-bond acceptors (Lipinski definition) is 7. The van der Waals surface area contributed by atoms with Gasteiger partial charge in [0.05, 0.1) is 6.04 Å². The van der Waals surface area contributed by atoms with Gasteiger partial charge in [-0.05, 0) is 32.3 Å². The Balaban J connectivity index is 0.000000362. The van der Waals surface area contributed by atoms with Crippen molar-refractivity contribution in [2.24, 2.45) is 5.92 Å². The predicted molar refractivity (Wildman–Crippen MR) is 108 cm³/mol.